The molecule has 0 bridgehead atoms. The molecule has 1 saturated heterocycles. The molecule has 2 aliphatic rings. The molecule has 0 unspecified atom stereocenters. The van der Waals surface area contributed by atoms with Crippen LogP contribution in [-0.4, -0.2) is 47.7 Å². The average molecular weight is 444 g/mol. The van der Waals surface area contributed by atoms with Gasteiger partial charge in [-0.25, -0.2) is 15.2 Å². The number of aromatic nitrogens is 1. The van der Waals surface area contributed by atoms with E-state index in [2.05, 4.69) is 15.8 Å². The van der Waals surface area contributed by atoms with Crippen LogP contribution in [0.4, 0.5) is 10.5 Å². The Morgan fingerprint density at radius 1 is 1.23 bits per heavy atom. The minimum Gasteiger partial charge on any atom is -0.487 e. The molecule has 1 N–H and O–H groups in total. The van der Waals surface area contributed by atoms with E-state index >= 15 is 0 Å². The number of likely N-dealkylation sites (tertiary alicyclic amines) is 1. The molecule has 3 heterocycles. The van der Waals surface area contributed by atoms with Crippen LogP contribution in [0.1, 0.15) is 50.2 Å². The highest BCUT2D eigenvalue weighted by Crippen LogP contribution is 2.31. The minimum atomic E-state index is -0.461. The first-order chi connectivity index (χ1) is 14.9. The molecule has 0 saturated carbocycles. The van der Waals surface area contributed by atoms with Crippen LogP contribution in [0, 0.1) is 0 Å². The number of thiazole rings is 1. The Bertz CT molecular complexity index is 914. The van der Waals surface area contributed by atoms with Gasteiger partial charge >= 0.3 is 6.09 Å². The van der Waals surface area contributed by atoms with Crippen LogP contribution in [-0.2, 0) is 11.3 Å². The number of nitrogens with zero attached hydrogens (tertiary/aromatic N) is 4. The van der Waals surface area contributed by atoms with Gasteiger partial charge in [0.25, 0.3) is 0 Å². The van der Waals surface area contributed by atoms with Gasteiger partial charge in [0.15, 0.2) is 0 Å². The predicted molar refractivity (Wildman–Crippen MR) is 122 cm³/mol. The van der Waals surface area contributed by atoms with Gasteiger partial charge in [0.1, 0.15) is 31.0 Å². The molecule has 0 atom stereocenters. The first-order valence-corrected chi connectivity index (χ1v) is 11.4. The molecule has 1 aromatic heterocycles. The number of aliphatic imine (C=N–C) groups is 1. The number of amides is 1. The molecule has 9 heteroatoms. The molecule has 31 heavy (non-hydrogen) atoms. The normalized spacial score (nSPS) is 17.3. The lowest BCUT2D eigenvalue weighted by molar-refractivity contribution is 0.0204. The Kier molecular flexibility index (Phi) is 6.43. The number of benzene rings is 1. The highest BCUT2D eigenvalue weighted by molar-refractivity contribution is 7.09. The summed E-state index contributed by atoms with van der Waals surface area (Å²) in [5, 5.41) is 5.07. The van der Waals surface area contributed by atoms with E-state index in [1.54, 1.807) is 22.6 Å². The molecule has 0 aliphatic carbocycles. The van der Waals surface area contributed by atoms with E-state index in [-0.39, 0.29) is 6.09 Å². The highest BCUT2D eigenvalue weighted by Gasteiger charge is 2.28. The van der Waals surface area contributed by atoms with Crippen molar-refractivity contribution in [2.45, 2.75) is 51.7 Å². The number of carbonyl (C=O) groups is 1. The van der Waals surface area contributed by atoms with Crippen LogP contribution < -0.4 is 15.2 Å². The van der Waals surface area contributed by atoms with Crippen LogP contribution in [0.2, 0.25) is 0 Å². The van der Waals surface area contributed by atoms with Gasteiger partial charge in [0, 0.05) is 24.4 Å². The van der Waals surface area contributed by atoms with Gasteiger partial charge in [-0.1, -0.05) is 0 Å². The predicted octanol–water partition coefficient (Wildman–Crippen LogP) is 4.15. The van der Waals surface area contributed by atoms with Crippen molar-refractivity contribution in [3.63, 3.8) is 0 Å². The Labute approximate surface area is 186 Å². The second kappa shape index (κ2) is 9.23. The van der Waals surface area contributed by atoms with E-state index in [1.165, 1.54) is 0 Å². The number of hydrazine groups is 1. The summed E-state index contributed by atoms with van der Waals surface area (Å²) in [5.74, 6) is 1.19. The summed E-state index contributed by atoms with van der Waals surface area (Å²) in [5.41, 5.74) is 4.63. The number of ether oxygens (including phenoxy) is 2. The van der Waals surface area contributed by atoms with Crippen molar-refractivity contribution in [1.82, 2.24) is 15.3 Å². The maximum absolute atomic E-state index is 12.2. The minimum absolute atomic E-state index is 0.224. The van der Waals surface area contributed by atoms with Crippen molar-refractivity contribution in [3.05, 3.63) is 40.3 Å². The smallest absolute Gasteiger partial charge is 0.410 e. The fourth-order valence-electron chi connectivity index (χ4n) is 3.51. The van der Waals surface area contributed by atoms with E-state index < -0.39 is 5.60 Å². The van der Waals surface area contributed by atoms with Crippen molar-refractivity contribution in [3.8, 4) is 5.75 Å². The number of piperidine rings is 1. The summed E-state index contributed by atoms with van der Waals surface area (Å²) in [6.45, 7) is 8.13. The Hall–Kier alpha value is -2.65. The second-order valence-corrected chi connectivity index (χ2v) is 9.58. The van der Waals surface area contributed by atoms with E-state index in [0.29, 0.717) is 32.3 Å². The van der Waals surface area contributed by atoms with Gasteiger partial charge in [0.05, 0.1) is 16.4 Å². The number of nitrogens with one attached hydrogen (secondary N) is 1. The third kappa shape index (κ3) is 5.74. The van der Waals surface area contributed by atoms with Gasteiger partial charge in [0.2, 0.25) is 0 Å². The van der Waals surface area contributed by atoms with Crippen molar-refractivity contribution in [2.24, 2.45) is 4.99 Å². The molecule has 0 spiro atoms. The summed E-state index contributed by atoms with van der Waals surface area (Å²) in [6, 6.07) is 7.88. The molecule has 1 amide bonds. The van der Waals surface area contributed by atoms with Gasteiger partial charge in [-0.2, -0.15) is 0 Å². The average Bonchev–Trinajstić information content (AvgIpc) is 3.44. The third-order valence-corrected chi connectivity index (χ3v) is 6.15. The van der Waals surface area contributed by atoms with Gasteiger partial charge < -0.3 is 14.4 Å². The van der Waals surface area contributed by atoms with Crippen LogP contribution in [0.5, 0.6) is 5.75 Å². The Balaban J connectivity index is 1.25. The zero-order valence-corrected chi connectivity index (χ0v) is 19.0. The lowest BCUT2D eigenvalue weighted by Gasteiger charge is -2.32. The molecular weight excluding hydrogens is 414 g/mol. The quantitative estimate of drug-likeness (QED) is 0.748. The second-order valence-electron chi connectivity index (χ2n) is 8.69. The molecule has 1 fully saturated rings. The Morgan fingerprint density at radius 2 is 1.97 bits per heavy atom. The standard InChI is InChI=1S/C22H29N5O3S/c1-22(2,3)30-21(28)26-10-8-16(9-11-26)20-25-17(13-31-20)12-29-19-6-4-18(5-7-19)27-15-23-14-24-27/h4-7,13,15-16,24H,8-12,14H2,1-3H3. The molecule has 166 valence electrons. The van der Waals surface area contributed by atoms with E-state index in [0.717, 1.165) is 35.0 Å². The first kappa shape index (κ1) is 21.6. The molecule has 4 rings (SSSR count). The van der Waals surface area contributed by atoms with Crippen LogP contribution in [0.25, 0.3) is 0 Å². The van der Waals surface area contributed by atoms with E-state index in [1.807, 2.05) is 50.0 Å². The third-order valence-electron chi connectivity index (χ3n) is 5.10. The maximum atomic E-state index is 12.2. The van der Waals surface area contributed by atoms with Crippen molar-refractivity contribution in [2.75, 3.05) is 24.8 Å². The fourth-order valence-corrected chi connectivity index (χ4v) is 4.49. The van der Waals surface area contributed by atoms with E-state index in [9.17, 15) is 4.79 Å². The summed E-state index contributed by atoms with van der Waals surface area (Å²) in [6.07, 6.45) is 3.35. The highest BCUT2D eigenvalue weighted by atomic mass is 32.1. The Morgan fingerprint density at radius 3 is 2.61 bits per heavy atom. The summed E-state index contributed by atoms with van der Waals surface area (Å²) >= 11 is 1.67. The lowest BCUT2D eigenvalue weighted by atomic mass is 9.98. The summed E-state index contributed by atoms with van der Waals surface area (Å²) in [7, 11) is 0. The fraction of sp³-hybridized carbons (Fsp3) is 0.500. The first-order valence-electron chi connectivity index (χ1n) is 10.6. The van der Waals surface area contributed by atoms with Crippen LogP contribution in [0.3, 0.4) is 0 Å². The topological polar surface area (TPSA) is 79.3 Å². The van der Waals surface area contributed by atoms with Gasteiger partial charge in [-0.15, -0.1) is 11.3 Å². The monoisotopic (exact) mass is 443 g/mol. The lowest BCUT2D eigenvalue weighted by Crippen LogP contribution is -2.41. The number of carbonyl (C=O) groups excluding carboxylic acids is 1. The van der Waals surface area contributed by atoms with Crippen molar-refractivity contribution >= 4 is 29.5 Å². The SMILES string of the molecule is CC(C)(C)OC(=O)N1CCC(c2nc(COc3ccc(N4C=NCN4)cc3)cs2)CC1. The largest absolute Gasteiger partial charge is 0.487 e. The zero-order valence-electron chi connectivity index (χ0n) is 18.2. The van der Waals surface area contributed by atoms with Crippen LogP contribution in [0.15, 0.2) is 34.6 Å². The molecular formula is C22H29N5O3S. The number of rotatable bonds is 5. The number of anilines is 1. The summed E-state index contributed by atoms with van der Waals surface area (Å²) < 4.78 is 11.4. The number of hydrogen-bond donors (Lipinski definition) is 1. The summed E-state index contributed by atoms with van der Waals surface area (Å²) in [4.78, 5) is 23.0. The van der Waals surface area contributed by atoms with Crippen LogP contribution >= 0.6 is 11.3 Å². The maximum Gasteiger partial charge on any atom is 0.410 e. The molecule has 2 aromatic rings. The van der Waals surface area contributed by atoms with Gasteiger partial charge in [-0.3, -0.25) is 10.0 Å². The van der Waals surface area contributed by atoms with E-state index in [4.69, 9.17) is 14.5 Å². The molecule has 2 aliphatic heterocycles. The molecule has 0 radical (unpaired) electrons. The molecule has 1 aromatic carbocycles. The molecule has 8 nitrogen and oxygen atoms in total. The van der Waals surface area contributed by atoms with Crippen molar-refractivity contribution in [1.29, 1.82) is 0 Å². The van der Waals surface area contributed by atoms with Gasteiger partial charge in [-0.05, 0) is 57.9 Å². The number of hydrogen-bond acceptors (Lipinski definition) is 8. The zero-order chi connectivity index (χ0) is 21.8. The van der Waals surface area contributed by atoms with Crippen molar-refractivity contribution < 1.29 is 14.3 Å².